The lowest BCUT2D eigenvalue weighted by Crippen LogP contribution is -2.31. The molecule has 96 valence electrons. The second-order valence-corrected chi connectivity index (χ2v) is 4.09. The maximum atomic E-state index is 12.2. The van der Waals surface area contributed by atoms with Crippen molar-refractivity contribution in [2.45, 2.75) is 6.92 Å². The average molecular weight is 255 g/mol. The molecular formula is C14H13N3O2. The molecule has 0 saturated carbocycles. The van der Waals surface area contributed by atoms with Crippen LogP contribution in [0.3, 0.4) is 0 Å². The number of amides is 2. The smallest absolute Gasteiger partial charge is 0.320 e. The summed E-state index contributed by atoms with van der Waals surface area (Å²) in [6.45, 7) is 2.01. The number of rotatable bonds is 2. The Morgan fingerprint density at radius 2 is 2.26 bits per heavy atom. The highest BCUT2D eigenvalue weighted by atomic mass is 16.2. The Balaban J connectivity index is 2.35. The van der Waals surface area contributed by atoms with Crippen LogP contribution < -0.4 is 16.1 Å². The number of aryl methyl sites for hydroxylation is 1. The number of urea groups is 1. The lowest BCUT2D eigenvalue weighted by atomic mass is 10.1. The van der Waals surface area contributed by atoms with E-state index in [0.717, 1.165) is 11.1 Å². The minimum atomic E-state index is -0.504. The van der Waals surface area contributed by atoms with E-state index in [4.69, 9.17) is 6.42 Å². The summed E-state index contributed by atoms with van der Waals surface area (Å²) in [7, 11) is 0. The van der Waals surface area contributed by atoms with Crippen molar-refractivity contribution in [3.63, 3.8) is 0 Å². The molecule has 2 rings (SSSR count). The van der Waals surface area contributed by atoms with Gasteiger partial charge in [0.1, 0.15) is 5.69 Å². The first-order valence-electron chi connectivity index (χ1n) is 5.72. The second kappa shape index (κ2) is 5.27. The van der Waals surface area contributed by atoms with Gasteiger partial charge in [0, 0.05) is 17.1 Å². The van der Waals surface area contributed by atoms with E-state index in [2.05, 4.69) is 21.5 Å². The van der Waals surface area contributed by atoms with E-state index in [0.29, 0.717) is 5.39 Å². The predicted octanol–water partition coefficient (Wildman–Crippen LogP) is 1.59. The highest BCUT2D eigenvalue weighted by Gasteiger charge is 2.07. The summed E-state index contributed by atoms with van der Waals surface area (Å²) in [6.07, 6.45) is 6.50. The summed E-state index contributed by atoms with van der Waals surface area (Å²) in [5.74, 6) is 2.28. The third-order valence-electron chi connectivity index (χ3n) is 2.64. The molecule has 0 aliphatic carbocycles. The number of terminal acetylenes is 1. The minimum Gasteiger partial charge on any atom is -0.359 e. The zero-order valence-corrected chi connectivity index (χ0v) is 10.4. The first-order chi connectivity index (χ1) is 9.11. The first-order valence-corrected chi connectivity index (χ1v) is 5.72. The van der Waals surface area contributed by atoms with Crippen molar-refractivity contribution in [3.8, 4) is 12.3 Å². The molecule has 2 aromatic rings. The Kier molecular flexibility index (Phi) is 3.53. The Labute approximate surface area is 110 Å². The van der Waals surface area contributed by atoms with Gasteiger partial charge in [-0.05, 0) is 19.1 Å². The fourth-order valence-electron chi connectivity index (χ4n) is 1.72. The minimum absolute atomic E-state index is 0.108. The second-order valence-electron chi connectivity index (χ2n) is 4.09. The van der Waals surface area contributed by atoms with Crippen LogP contribution >= 0.6 is 0 Å². The zero-order valence-electron chi connectivity index (χ0n) is 10.4. The summed E-state index contributed by atoms with van der Waals surface area (Å²) in [6, 6.07) is 5.01. The predicted molar refractivity (Wildman–Crippen MR) is 75.2 cm³/mol. The van der Waals surface area contributed by atoms with E-state index in [1.807, 2.05) is 19.1 Å². The molecule has 0 radical (unpaired) electrons. The lowest BCUT2D eigenvalue weighted by molar-refractivity contribution is 0.253. The number of aromatic nitrogens is 1. The molecule has 5 nitrogen and oxygen atoms in total. The van der Waals surface area contributed by atoms with Crippen LogP contribution in [0.4, 0.5) is 10.5 Å². The summed E-state index contributed by atoms with van der Waals surface area (Å²) < 4.78 is 0. The summed E-state index contributed by atoms with van der Waals surface area (Å²) >= 11 is 0. The number of nitrogens with one attached hydrogen (secondary N) is 3. The molecule has 0 bridgehead atoms. The quantitative estimate of drug-likeness (QED) is 0.713. The Bertz CT molecular complexity index is 726. The van der Waals surface area contributed by atoms with Gasteiger partial charge in [-0.3, -0.25) is 4.79 Å². The van der Waals surface area contributed by atoms with E-state index in [1.165, 1.54) is 6.20 Å². The number of carbonyl (C=O) groups is 1. The van der Waals surface area contributed by atoms with Crippen molar-refractivity contribution in [3.05, 3.63) is 40.2 Å². The largest absolute Gasteiger partial charge is 0.359 e. The van der Waals surface area contributed by atoms with E-state index in [1.54, 1.807) is 6.07 Å². The van der Waals surface area contributed by atoms with Crippen LogP contribution in [0.5, 0.6) is 0 Å². The number of carbonyl (C=O) groups excluding carboxylic acids is 1. The van der Waals surface area contributed by atoms with Crippen LogP contribution in [-0.2, 0) is 0 Å². The molecular weight excluding hydrogens is 242 g/mol. The number of fused-ring (bicyclic) bond motifs is 1. The van der Waals surface area contributed by atoms with Crippen molar-refractivity contribution in [1.82, 2.24) is 10.3 Å². The molecule has 1 aromatic carbocycles. The summed E-state index contributed by atoms with van der Waals surface area (Å²) in [5.41, 5.74) is 1.66. The van der Waals surface area contributed by atoms with Gasteiger partial charge in [0.15, 0.2) is 0 Å². The van der Waals surface area contributed by atoms with Gasteiger partial charge in [-0.2, -0.15) is 0 Å². The van der Waals surface area contributed by atoms with Crippen LogP contribution in [-0.4, -0.2) is 17.6 Å². The molecule has 1 heterocycles. The summed E-state index contributed by atoms with van der Waals surface area (Å²) in [5, 5.41) is 5.43. The highest BCUT2D eigenvalue weighted by molar-refractivity contribution is 5.92. The Morgan fingerprint density at radius 3 is 3.00 bits per heavy atom. The molecule has 0 spiro atoms. The third kappa shape index (κ3) is 2.75. The van der Waals surface area contributed by atoms with E-state index in [-0.39, 0.29) is 17.7 Å². The number of anilines is 1. The van der Waals surface area contributed by atoms with Crippen LogP contribution in [0.1, 0.15) is 5.56 Å². The number of hydrogen-bond donors (Lipinski definition) is 3. The van der Waals surface area contributed by atoms with Crippen LogP contribution in [0.25, 0.3) is 10.9 Å². The van der Waals surface area contributed by atoms with Gasteiger partial charge in [0.25, 0.3) is 0 Å². The molecule has 2 amide bonds. The number of pyridine rings is 1. The molecule has 1 aromatic heterocycles. The van der Waals surface area contributed by atoms with Gasteiger partial charge in [-0.1, -0.05) is 17.6 Å². The number of hydrogen-bond acceptors (Lipinski definition) is 2. The fraction of sp³-hybridized carbons (Fsp3) is 0.143. The van der Waals surface area contributed by atoms with Gasteiger partial charge in [0.2, 0.25) is 5.43 Å². The van der Waals surface area contributed by atoms with Crippen molar-refractivity contribution < 1.29 is 4.79 Å². The lowest BCUT2D eigenvalue weighted by Gasteiger charge is -2.06. The van der Waals surface area contributed by atoms with Gasteiger partial charge in [0.05, 0.1) is 6.54 Å². The van der Waals surface area contributed by atoms with Gasteiger partial charge in [-0.25, -0.2) is 4.79 Å². The standard InChI is InChI=1S/C14H13N3O2/c1-3-6-15-14(19)17-12-8-16-11-5-4-9(2)7-10(11)13(12)18/h1,4-5,7-8H,6H2,2H3,(H,16,18)(H2,15,17,19). The molecule has 0 aliphatic heterocycles. The number of aromatic amines is 1. The zero-order chi connectivity index (χ0) is 13.8. The third-order valence-corrected chi connectivity index (χ3v) is 2.64. The highest BCUT2D eigenvalue weighted by Crippen LogP contribution is 2.12. The molecule has 0 fully saturated rings. The van der Waals surface area contributed by atoms with E-state index < -0.39 is 6.03 Å². The fourth-order valence-corrected chi connectivity index (χ4v) is 1.72. The van der Waals surface area contributed by atoms with Crippen LogP contribution in [0.15, 0.2) is 29.2 Å². The maximum absolute atomic E-state index is 12.2. The van der Waals surface area contributed by atoms with Gasteiger partial charge < -0.3 is 15.6 Å². The van der Waals surface area contributed by atoms with Crippen molar-refractivity contribution in [2.75, 3.05) is 11.9 Å². The van der Waals surface area contributed by atoms with Gasteiger partial charge >= 0.3 is 6.03 Å². The van der Waals surface area contributed by atoms with Gasteiger partial charge in [-0.15, -0.1) is 6.42 Å². The summed E-state index contributed by atoms with van der Waals surface area (Å²) in [4.78, 5) is 26.6. The van der Waals surface area contributed by atoms with Crippen LogP contribution in [0, 0.1) is 19.3 Å². The SMILES string of the molecule is C#CCNC(=O)Nc1c[nH]c2ccc(C)cc2c1=O. The Hall–Kier alpha value is -2.74. The van der Waals surface area contributed by atoms with E-state index >= 15 is 0 Å². The maximum Gasteiger partial charge on any atom is 0.320 e. The Morgan fingerprint density at radius 1 is 1.47 bits per heavy atom. The number of benzene rings is 1. The molecule has 0 atom stereocenters. The van der Waals surface area contributed by atoms with Crippen LogP contribution in [0.2, 0.25) is 0 Å². The monoisotopic (exact) mass is 255 g/mol. The first kappa shape index (κ1) is 12.7. The molecule has 5 heteroatoms. The molecule has 0 saturated heterocycles. The topological polar surface area (TPSA) is 74.0 Å². The normalized spacial score (nSPS) is 9.89. The van der Waals surface area contributed by atoms with Crippen molar-refractivity contribution in [1.29, 1.82) is 0 Å². The van der Waals surface area contributed by atoms with Crippen molar-refractivity contribution >= 4 is 22.6 Å². The average Bonchev–Trinajstić information content (AvgIpc) is 2.40. The molecule has 19 heavy (non-hydrogen) atoms. The van der Waals surface area contributed by atoms with Crippen molar-refractivity contribution in [2.24, 2.45) is 0 Å². The molecule has 0 aliphatic rings. The van der Waals surface area contributed by atoms with E-state index in [9.17, 15) is 9.59 Å². The molecule has 0 unspecified atom stereocenters. The molecule has 3 N–H and O–H groups in total. The number of H-pyrrole nitrogens is 1.